The summed E-state index contributed by atoms with van der Waals surface area (Å²) >= 11 is 5.89. The van der Waals surface area contributed by atoms with Crippen LogP contribution in [0.4, 0.5) is 11.4 Å². The molecule has 0 spiro atoms. The summed E-state index contributed by atoms with van der Waals surface area (Å²) in [7, 11) is -1.20. The fraction of sp³-hybridized carbons (Fsp3) is 0.300. The Balaban J connectivity index is 2.81. The maximum Gasteiger partial charge on any atom is 0.239 e. The Morgan fingerprint density at radius 1 is 1.56 bits per heavy atom. The molecular formula is C10H13ClN2O2S. The molecule has 1 aromatic carbocycles. The van der Waals surface area contributed by atoms with Gasteiger partial charge in [0.1, 0.15) is 5.25 Å². The summed E-state index contributed by atoms with van der Waals surface area (Å²) in [5.41, 5.74) is 6.51. The first-order valence-corrected chi connectivity index (χ1v) is 6.60. The van der Waals surface area contributed by atoms with E-state index in [4.69, 9.17) is 17.3 Å². The standard InChI is InChI=1S/C10H13ClN2O2S/c1-6(16(2)15)10(14)13-9-4-3-7(12)5-8(9)11/h3-6H,12H2,1-2H3,(H,13,14). The van der Waals surface area contributed by atoms with Gasteiger partial charge in [0, 0.05) is 22.7 Å². The Labute approximate surface area is 102 Å². The number of hydrogen-bond donors (Lipinski definition) is 2. The highest BCUT2D eigenvalue weighted by Gasteiger charge is 2.17. The van der Waals surface area contributed by atoms with Crippen molar-refractivity contribution in [2.75, 3.05) is 17.3 Å². The van der Waals surface area contributed by atoms with Crippen LogP contribution in [0.1, 0.15) is 6.92 Å². The van der Waals surface area contributed by atoms with Crippen molar-refractivity contribution in [1.29, 1.82) is 0 Å². The van der Waals surface area contributed by atoms with Crippen LogP contribution >= 0.6 is 11.6 Å². The lowest BCUT2D eigenvalue weighted by molar-refractivity contribution is -0.115. The number of halogens is 1. The number of nitrogen functional groups attached to an aromatic ring is 1. The van der Waals surface area contributed by atoms with Crippen LogP contribution in [0.3, 0.4) is 0 Å². The number of rotatable bonds is 3. The summed E-state index contributed by atoms with van der Waals surface area (Å²) in [6.45, 7) is 1.59. The van der Waals surface area contributed by atoms with Gasteiger partial charge >= 0.3 is 0 Å². The maximum absolute atomic E-state index is 11.6. The highest BCUT2D eigenvalue weighted by atomic mass is 35.5. The number of benzene rings is 1. The molecule has 16 heavy (non-hydrogen) atoms. The van der Waals surface area contributed by atoms with Crippen molar-refractivity contribution < 1.29 is 9.00 Å². The predicted octanol–water partition coefficient (Wildman–Crippen LogP) is 1.63. The Bertz CT molecular complexity index is 437. The van der Waals surface area contributed by atoms with E-state index in [1.54, 1.807) is 25.1 Å². The van der Waals surface area contributed by atoms with Crippen LogP contribution in [-0.4, -0.2) is 21.6 Å². The van der Waals surface area contributed by atoms with Crippen LogP contribution in [-0.2, 0) is 15.6 Å². The van der Waals surface area contributed by atoms with Gasteiger partial charge in [-0.3, -0.25) is 9.00 Å². The van der Waals surface area contributed by atoms with Crippen molar-refractivity contribution in [2.24, 2.45) is 0 Å². The van der Waals surface area contributed by atoms with Crippen LogP contribution in [0.5, 0.6) is 0 Å². The van der Waals surface area contributed by atoms with E-state index in [1.165, 1.54) is 6.26 Å². The van der Waals surface area contributed by atoms with Crippen molar-refractivity contribution in [3.05, 3.63) is 23.2 Å². The van der Waals surface area contributed by atoms with Crippen molar-refractivity contribution in [1.82, 2.24) is 0 Å². The molecule has 2 atom stereocenters. The number of hydrogen-bond acceptors (Lipinski definition) is 3. The first-order valence-electron chi connectivity index (χ1n) is 4.60. The molecule has 0 bridgehead atoms. The molecule has 0 fully saturated rings. The molecule has 88 valence electrons. The normalized spacial score (nSPS) is 14.2. The molecule has 1 rings (SSSR count). The van der Waals surface area contributed by atoms with Gasteiger partial charge in [0.15, 0.2) is 0 Å². The second kappa shape index (κ2) is 5.32. The van der Waals surface area contributed by atoms with Gasteiger partial charge in [-0.1, -0.05) is 11.6 Å². The largest absolute Gasteiger partial charge is 0.399 e. The number of carbonyl (C=O) groups excluding carboxylic acids is 1. The van der Waals surface area contributed by atoms with E-state index >= 15 is 0 Å². The zero-order valence-electron chi connectivity index (χ0n) is 8.99. The van der Waals surface area contributed by atoms with Crippen molar-refractivity contribution >= 4 is 39.7 Å². The van der Waals surface area contributed by atoms with Crippen LogP contribution in [0.2, 0.25) is 5.02 Å². The molecule has 0 saturated heterocycles. The predicted molar refractivity (Wildman–Crippen MR) is 68.0 cm³/mol. The lowest BCUT2D eigenvalue weighted by atomic mass is 10.2. The minimum absolute atomic E-state index is 0.326. The molecule has 0 aliphatic rings. The lowest BCUT2D eigenvalue weighted by Gasteiger charge is -2.11. The summed E-state index contributed by atoms with van der Waals surface area (Å²) in [6, 6.07) is 4.79. The number of amides is 1. The van der Waals surface area contributed by atoms with Gasteiger partial charge in [-0.05, 0) is 25.1 Å². The fourth-order valence-electron chi connectivity index (χ4n) is 1.02. The van der Waals surface area contributed by atoms with Gasteiger partial charge < -0.3 is 11.1 Å². The van der Waals surface area contributed by atoms with E-state index in [1.807, 2.05) is 0 Å². The molecule has 0 aliphatic heterocycles. The van der Waals surface area contributed by atoms with E-state index in [2.05, 4.69) is 5.32 Å². The highest BCUT2D eigenvalue weighted by molar-refractivity contribution is 7.85. The second-order valence-electron chi connectivity index (χ2n) is 3.37. The molecule has 4 nitrogen and oxygen atoms in total. The zero-order valence-corrected chi connectivity index (χ0v) is 10.6. The van der Waals surface area contributed by atoms with E-state index in [-0.39, 0.29) is 5.91 Å². The van der Waals surface area contributed by atoms with Gasteiger partial charge in [0.25, 0.3) is 0 Å². The van der Waals surface area contributed by atoms with Crippen molar-refractivity contribution in [2.45, 2.75) is 12.2 Å². The first kappa shape index (κ1) is 13.0. The molecule has 0 heterocycles. The van der Waals surface area contributed by atoms with Gasteiger partial charge in [0.2, 0.25) is 5.91 Å². The third-order valence-electron chi connectivity index (χ3n) is 2.12. The number of carbonyl (C=O) groups is 1. The fourth-order valence-corrected chi connectivity index (χ4v) is 1.61. The van der Waals surface area contributed by atoms with Crippen LogP contribution < -0.4 is 11.1 Å². The molecule has 0 saturated carbocycles. The Morgan fingerprint density at radius 2 is 2.19 bits per heavy atom. The van der Waals surface area contributed by atoms with E-state index in [0.717, 1.165) is 0 Å². The summed E-state index contributed by atoms with van der Waals surface area (Å²) in [5, 5.41) is 2.39. The summed E-state index contributed by atoms with van der Waals surface area (Å²) in [4.78, 5) is 11.6. The SMILES string of the molecule is CC(C(=O)Nc1ccc(N)cc1Cl)S(C)=O. The summed E-state index contributed by atoms with van der Waals surface area (Å²) in [6.07, 6.45) is 1.48. The third-order valence-corrected chi connectivity index (χ3v) is 3.64. The molecule has 0 radical (unpaired) electrons. The molecule has 0 aliphatic carbocycles. The zero-order chi connectivity index (χ0) is 12.3. The average Bonchev–Trinajstić information content (AvgIpc) is 2.20. The second-order valence-corrected chi connectivity index (χ2v) is 5.48. The molecule has 1 aromatic rings. The highest BCUT2D eigenvalue weighted by Crippen LogP contribution is 2.24. The topological polar surface area (TPSA) is 72.2 Å². The van der Waals surface area contributed by atoms with Crippen molar-refractivity contribution in [3.8, 4) is 0 Å². The number of anilines is 2. The molecular weight excluding hydrogens is 248 g/mol. The van der Waals surface area contributed by atoms with Gasteiger partial charge in [-0.2, -0.15) is 0 Å². The maximum atomic E-state index is 11.6. The summed E-state index contributed by atoms with van der Waals surface area (Å²) < 4.78 is 11.1. The minimum atomic E-state index is -1.20. The smallest absolute Gasteiger partial charge is 0.239 e. The van der Waals surface area contributed by atoms with Gasteiger partial charge in [0.05, 0.1) is 10.7 Å². The molecule has 2 unspecified atom stereocenters. The molecule has 6 heteroatoms. The first-order chi connectivity index (χ1) is 7.41. The van der Waals surface area contributed by atoms with E-state index in [0.29, 0.717) is 16.4 Å². The third kappa shape index (κ3) is 3.21. The van der Waals surface area contributed by atoms with E-state index in [9.17, 15) is 9.00 Å². The van der Waals surface area contributed by atoms with Crippen molar-refractivity contribution in [3.63, 3.8) is 0 Å². The van der Waals surface area contributed by atoms with Crippen LogP contribution in [0.15, 0.2) is 18.2 Å². The Kier molecular flexibility index (Phi) is 4.32. The minimum Gasteiger partial charge on any atom is -0.399 e. The Hall–Kier alpha value is -1.07. The van der Waals surface area contributed by atoms with Crippen LogP contribution in [0.25, 0.3) is 0 Å². The van der Waals surface area contributed by atoms with Gasteiger partial charge in [-0.15, -0.1) is 0 Å². The molecule has 3 N–H and O–H groups in total. The summed E-state index contributed by atoms with van der Waals surface area (Å²) in [5.74, 6) is -0.326. The van der Waals surface area contributed by atoms with Gasteiger partial charge in [-0.25, -0.2) is 0 Å². The average molecular weight is 261 g/mol. The van der Waals surface area contributed by atoms with E-state index < -0.39 is 16.0 Å². The number of nitrogens with one attached hydrogen (secondary N) is 1. The molecule has 1 amide bonds. The lowest BCUT2D eigenvalue weighted by Crippen LogP contribution is -2.28. The monoisotopic (exact) mass is 260 g/mol. The Morgan fingerprint density at radius 3 is 2.69 bits per heavy atom. The molecule has 0 aromatic heterocycles. The quantitative estimate of drug-likeness (QED) is 0.812. The number of nitrogens with two attached hydrogens (primary N) is 1. The van der Waals surface area contributed by atoms with Crippen LogP contribution in [0, 0.1) is 0 Å².